The second kappa shape index (κ2) is 8.73. The molecule has 2 atom stereocenters. The molecule has 2 aliphatic heterocycles. The molecule has 3 rings (SSSR count). The molecular formula is C20H31N3O3. The Morgan fingerprint density at radius 2 is 1.96 bits per heavy atom. The van der Waals surface area contributed by atoms with Gasteiger partial charge in [0, 0.05) is 26.2 Å². The van der Waals surface area contributed by atoms with E-state index in [2.05, 4.69) is 17.1 Å². The van der Waals surface area contributed by atoms with E-state index in [0.717, 1.165) is 61.7 Å². The van der Waals surface area contributed by atoms with E-state index in [4.69, 9.17) is 14.5 Å². The van der Waals surface area contributed by atoms with Crippen molar-refractivity contribution in [1.29, 1.82) is 0 Å². The lowest BCUT2D eigenvalue weighted by molar-refractivity contribution is -0.0817. The molecule has 0 aromatic heterocycles. The number of rotatable bonds is 4. The Bertz CT molecular complexity index is 618. The number of phenolic OH excluding ortho intramolecular Hbond substituents is 1. The molecule has 2 saturated heterocycles. The monoisotopic (exact) mass is 361 g/mol. The summed E-state index contributed by atoms with van der Waals surface area (Å²) in [4.78, 5) is 7.11. The van der Waals surface area contributed by atoms with Crippen LogP contribution in [0.1, 0.15) is 36.5 Å². The molecule has 0 radical (unpaired) electrons. The summed E-state index contributed by atoms with van der Waals surface area (Å²) in [5, 5.41) is 13.4. The molecule has 0 amide bonds. The van der Waals surface area contributed by atoms with Gasteiger partial charge in [-0.3, -0.25) is 0 Å². The third-order valence-corrected chi connectivity index (χ3v) is 5.07. The molecule has 6 nitrogen and oxygen atoms in total. The molecule has 6 heteroatoms. The highest BCUT2D eigenvalue weighted by molar-refractivity contribution is 5.80. The Labute approximate surface area is 156 Å². The number of aryl methyl sites for hydroxylation is 2. The minimum atomic E-state index is 0.119. The first-order valence-electron chi connectivity index (χ1n) is 9.64. The van der Waals surface area contributed by atoms with Crippen LogP contribution in [0.15, 0.2) is 17.1 Å². The molecule has 2 heterocycles. The first-order valence-corrected chi connectivity index (χ1v) is 9.64. The summed E-state index contributed by atoms with van der Waals surface area (Å²) in [6, 6.07) is 4.01. The number of ether oxygens (including phenoxy) is 2. The van der Waals surface area contributed by atoms with E-state index in [9.17, 15) is 5.11 Å². The van der Waals surface area contributed by atoms with Gasteiger partial charge in [-0.2, -0.15) is 0 Å². The molecule has 2 N–H and O–H groups in total. The van der Waals surface area contributed by atoms with E-state index >= 15 is 0 Å². The standard InChI is InChI=1S/C20H31N3O3/c1-4-21-20(22-12-16-10-14(2)19(24)15(3)11-16)23-7-9-26-18(13-23)17-6-5-8-25-17/h10-11,17-18,24H,4-9,12-13H2,1-3H3,(H,21,22). The van der Waals surface area contributed by atoms with Crippen molar-refractivity contribution in [3.63, 3.8) is 0 Å². The zero-order valence-corrected chi connectivity index (χ0v) is 16.1. The van der Waals surface area contributed by atoms with E-state index in [0.29, 0.717) is 18.9 Å². The second-order valence-electron chi connectivity index (χ2n) is 7.16. The lowest BCUT2D eigenvalue weighted by Crippen LogP contribution is -2.53. The van der Waals surface area contributed by atoms with Crippen LogP contribution in [0.5, 0.6) is 5.75 Å². The van der Waals surface area contributed by atoms with Gasteiger partial charge in [0.05, 0.1) is 19.3 Å². The molecule has 2 fully saturated rings. The first-order chi connectivity index (χ1) is 12.6. The van der Waals surface area contributed by atoms with E-state index < -0.39 is 0 Å². The van der Waals surface area contributed by atoms with Crippen LogP contribution < -0.4 is 5.32 Å². The highest BCUT2D eigenvalue weighted by Crippen LogP contribution is 2.24. The minimum absolute atomic E-state index is 0.119. The summed E-state index contributed by atoms with van der Waals surface area (Å²) in [7, 11) is 0. The summed E-state index contributed by atoms with van der Waals surface area (Å²) in [5.74, 6) is 1.29. The number of phenols is 1. The fourth-order valence-corrected chi connectivity index (χ4v) is 3.72. The van der Waals surface area contributed by atoms with E-state index in [1.165, 1.54) is 0 Å². The quantitative estimate of drug-likeness (QED) is 0.637. The molecule has 0 saturated carbocycles. The average Bonchev–Trinajstić information content (AvgIpc) is 3.18. The zero-order chi connectivity index (χ0) is 18.5. The number of aromatic hydroxyl groups is 1. The molecular weight excluding hydrogens is 330 g/mol. The Morgan fingerprint density at radius 3 is 2.62 bits per heavy atom. The Balaban J connectivity index is 1.70. The van der Waals surface area contributed by atoms with Gasteiger partial charge < -0.3 is 24.8 Å². The molecule has 144 valence electrons. The summed E-state index contributed by atoms with van der Waals surface area (Å²) < 4.78 is 11.8. The maximum absolute atomic E-state index is 9.95. The first kappa shape index (κ1) is 19.0. The Morgan fingerprint density at radius 1 is 1.23 bits per heavy atom. The van der Waals surface area contributed by atoms with Gasteiger partial charge in [0.25, 0.3) is 0 Å². The van der Waals surface area contributed by atoms with Gasteiger partial charge in [0.1, 0.15) is 11.9 Å². The number of hydrogen-bond donors (Lipinski definition) is 2. The SMILES string of the molecule is CCNC(=NCc1cc(C)c(O)c(C)c1)N1CCOC(C2CCCO2)C1. The van der Waals surface area contributed by atoms with Crippen molar-refractivity contribution < 1.29 is 14.6 Å². The van der Waals surface area contributed by atoms with E-state index in [1.54, 1.807) is 0 Å². The van der Waals surface area contributed by atoms with Crippen LogP contribution >= 0.6 is 0 Å². The van der Waals surface area contributed by atoms with Crippen molar-refractivity contribution in [3.05, 3.63) is 28.8 Å². The van der Waals surface area contributed by atoms with E-state index in [1.807, 2.05) is 26.0 Å². The van der Waals surface area contributed by atoms with Crippen LogP contribution in [-0.4, -0.2) is 61.0 Å². The highest BCUT2D eigenvalue weighted by atomic mass is 16.5. The molecule has 26 heavy (non-hydrogen) atoms. The summed E-state index contributed by atoms with van der Waals surface area (Å²) in [5.41, 5.74) is 2.90. The normalized spacial score (nSPS) is 24.1. The van der Waals surface area contributed by atoms with Crippen molar-refractivity contribution in [1.82, 2.24) is 10.2 Å². The van der Waals surface area contributed by atoms with Crippen molar-refractivity contribution in [2.24, 2.45) is 4.99 Å². The molecule has 1 aromatic rings. The van der Waals surface area contributed by atoms with Crippen molar-refractivity contribution >= 4 is 5.96 Å². The third-order valence-electron chi connectivity index (χ3n) is 5.07. The van der Waals surface area contributed by atoms with Gasteiger partial charge in [-0.15, -0.1) is 0 Å². The van der Waals surface area contributed by atoms with Crippen LogP contribution in [-0.2, 0) is 16.0 Å². The third kappa shape index (κ3) is 4.48. The predicted molar refractivity (Wildman–Crippen MR) is 103 cm³/mol. The maximum Gasteiger partial charge on any atom is 0.194 e. The van der Waals surface area contributed by atoms with E-state index in [-0.39, 0.29) is 12.2 Å². The fraction of sp³-hybridized carbons (Fsp3) is 0.650. The molecule has 2 unspecified atom stereocenters. The number of benzene rings is 1. The number of guanidine groups is 1. The van der Waals surface area contributed by atoms with Crippen molar-refractivity contribution in [2.75, 3.05) is 32.8 Å². The second-order valence-corrected chi connectivity index (χ2v) is 7.16. The molecule has 0 aliphatic carbocycles. The zero-order valence-electron chi connectivity index (χ0n) is 16.1. The number of nitrogens with one attached hydrogen (secondary N) is 1. The maximum atomic E-state index is 9.95. The average molecular weight is 361 g/mol. The summed E-state index contributed by atoms with van der Waals surface area (Å²) in [6.07, 6.45) is 2.53. The smallest absolute Gasteiger partial charge is 0.194 e. The van der Waals surface area contributed by atoms with Crippen LogP contribution in [0, 0.1) is 13.8 Å². The fourth-order valence-electron chi connectivity index (χ4n) is 3.72. The largest absolute Gasteiger partial charge is 0.507 e. The van der Waals surface area contributed by atoms with Crippen LogP contribution in [0.25, 0.3) is 0 Å². The predicted octanol–water partition coefficient (Wildman–Crippen LogP) is 2.35. The van der Waals surface area contributed by atoms with Gasteiger partial charge in [-0.25, -0.2) is 4.99 Å². The van der Waals surface area contributed by atoms with Gasteiger partial charge in [-0.05, 0) is 50.3 Å². The van der Waals surface area contributed by atoms with Crippen molar-refractivity contribution in [2.45, 2.75) is 52.4 Å². The lowest BCUT2D eigenvalue weighted by atomic mass is 10.1. The minimum Gasteiger partial charge on any atom is -0.507 e. The molecule has 2 aliphatic rings. The van der Waals surface area contributed by atoms with Crippen LogP contribution in [0.3, 0.4) is 0 Å². The lowest BCUT2D eigenvalue weighted by Gasteiger charge is -2.37. The van der Waals surface area contributed by atoms with Crippen LogP contribution in [0.2, 0.25) is 0 Å². The van der Waals surface area contributed by atoms with Gasteiger partial charge >= 0.3 is 0 Å². The number of morpholine rings is 1. The van der Waals surface area contributed by atoms with Gasteiger partial charge in [-0.1, -0.05) is 12.1 Å². The topological polar surface area (TPSA) is 66.3 Å². The molecule has 0 spiro atoms. The molecule has 0 bridgehead atoms. The Kier molecular flexibility index (Phi) is 6.38. The number of nitrogens with zero attached hydrogens (tertiary/aromatic N) is 2. The van der Waals surface area contributed by atoms with Gasteiger partial charge in [0.15, 0.2) is 5.96 Å². The van der Waals surface area contributed by atoms with Crippen LogP contribution in [0.4, 0.5) is 0 Å². The molecule has 1 aromatic carbocycles. The number of aliphatic imine (C=N–C) groups is 1. The Hall–Kier alpha value is -1.79. The summed E-state index contributed by atoms with van der Waals surface area (Å²) in [6.45, 7) is 10.5. The highest BCUT2D eigenvalue weighted by Gasteiger charge is 2.32. The number of hydrogen-bond acceptors (Lipinski definition) is 4. The van der Waals surface area contributed by atoms with Gasteiger partial charge in [0.2, 0.25) is 0 Å². The van der Waals surface area contributed by atoms with Crippen molar-refractivity contribution in [3.8, 4) is 5.75 Å². The summed E-state index contributed by atoms with van der Waals surface area (Å²) >= 11 is 0.